The van der Waals surface area contributed by atoms with Gasteiger partial charge in [-0.1, -0.05) is 12.1 Å². The molecular weight excluding hydrogens is 450 g/mol. The van der Waals surface area contributed by atoms with Crippen molar-refractivity contribution in [2.75, 3.05) is 19.3 Å². The van der Waals surface area contributed by atoms with Crippen LogP contribution in [0.25, 0.3) is 0 Å². The van der Waals surface area contributed by atoms with E-state index in [0.717, 1.165) is 24.2 Å². The number of halogens is 4. The largest absolute Gasteiger partial charge is 0.416 e. The molecule has 24 heavy (non-hydrogen) atoms. The van der Waals surface area contributed by atoms with Crippen LogP contribution < -0.4 is 10.6 Å². The summed E-state index contributed by atoms with van der Waals surface area (Å²) in [5, 5.41) is 6.43. The minimum Gasteiger partial charge on any atom is -0.355 e. The lowest BCUT2D eigenvalue weighted by Crippen LogP contribution is -2.43. The zero-order valence-electron chi connectivity index (χ0n) is 13.7. The smallest absolute Gasteiger partial charge is 0.355 e. The highest BCUT2D eigenvalue weighted by Crippen LogP contribution is 2.36. The lowest BCUT2D eigenvalue weighted by Gasteiger charge is -2.24. The summed E-state index contributed by atoms with van der Waals surface area (Å²) in [6, 6.07) is 5.17. The molecule has 2 N–H and O–H groups in total. The maximum Gasteiger partial charge on any atom is 0.416 e. The lowest BCUT2D eigenvalue weighted by molar-refractivity contribution is -0.137. The van der Waals surface area contributed by atoms with E-state index in [1.807, 2.05) is 11.8 Å². The summed E-state index contributed by atoms with van der Waals surface area (Å²) in [4.78, 5) is 4.16. The maximum absolute atomic E-state index is 12.5. The number of alkyl halides is 3. The van der Waals surface area contributed by atoms with E-state index >= 15 is 0 Å². The van der Waals surface area contributed by atoms with Crippen molar-refractivity contribution >= 4 is 41.7 Å². The molecule has 1 aliphatic heterocycles. The Hall–Kier alpha value is -0.640. The summed E-state index contributed by atoms with van der Waals surface area (Å²) in [7, 11) is 1.69. The zero-order chi connectivity index (χ0) is 16.9. The number of hydrogen-bond acceptors (Lipinski definition) is 2. The lowest BCUT2D eigenvalue weighted by atomic mass is 10.1. The predicted octanol–water partition coefficient (Wildman–Crippen LogP) is 4.27. The first kappa shape index (κ1) is 21.4. The van der Waals surface area contributed by atoms with Crippen LogP contribution in [0.1, 0.15) is 30.9 Å². The van der Waals surface area contributed by atoms with Gasteiger partial charge in [0.05, 0.1) is 5.56 Å². The molecule has 8 heteroatoms. The molecule has 0 bridgehead atoms. The number of nitrogens with one attached hydrogen (secondary N) is 2. The summed E-state index contributed by atoms with van der Waals surface area (Å²) in [5.41, 5.74) is 0.150. The molecule has 0 aromatic heterocycles. The molecule has 0 amide bonds. The molecule has 0 saturated carbocycles. The Bertz CT molecular complexity index is 540. The molecule has 0 spiro atoms. The van der Waals surface area contributed by atoms with Gasteiger partial charge in [0.25, 0.3) is 0 Å². The van der Waals surface area contributed by atoms with Gasteiger partial charge in [0.2, 0.25) is 0 Å². The molecule has 1 unspecified atom stereocenters. The van der Waals surface area contributed by atoms with Gasteiger partial charge in [0, 0.05) is 24.9 Å². The second kappa shape index (κ2) is 9.17. The monoisotopic (exact) mass is 473 g/mol. The van der Waals surface area contributed by atoms with E-state index in [1.54, 1.807) is 7.05 Å². The standard InChI is InChI=1S/C16H22F3N3S.HI/c1-15(8-3-9-23-15)11-22-14(20-2)21-10-12-4-6-13(7-5-12)16(17,18)19;/h4-7H,3,8-11H2,1-2H3,(H2,20,21,22);1H. The first-order valence-corrected chi connectivity index (χ1v) is 8.56. The molecular formula is C16H23F3IN3S. The van der Waals surface area contributed by atoms with Crippen LogP contribution in [0, 0.1) is 0 Å². The summed E-state index contributed by atoms with van der Waals surface area (Å²) in [5.74, 6) is 1.86. The van der Waals surface area contributed by atoms with Crippen LogP contribution in [0.4, 0.5) is 13.2 Å². The fourth-order valence-corrected chi connectivity index (χ4v) is 3.71. The van der Waals surface area contributed by atoms with Crippen molar-refractivity contribution < 1.29 is 13.2 Å². The number of nitrogens with zero attached hydrogens (tertiary/aromatic N) is 1. The van der Waals surface area contributed by atoms with Crippen LogP contribution in [0.5, 0.6) is 0 Å². The van der Waals surface area contributed by atoms with Gasteiger partial charge >= 0.3 is 6.18 Å². The zero-order valence-corrected chi connectivity index (χ0v) is 16.9. The normalized spacial score (nSPS) is 21.3. The van der Waals surface area contributed by atoms with Crippen molar-refractivity contribution in [3.8, 4) is 0 Å². The molecule has 3 nitrogen and oxygen atoms in total. The van der Waals surface area contributed by atoms with Crippen molar-refractivity contribution in [3.63, 3.8) is 0 Å². The molecule has 2 rings (SSSR count). The van der Waals surface area contributed by atoms with Crippen LogP contribution >= 0.6 is 35.7 Å². The average Bonchev–Trinajstić information content (AvgIpc) is 2.94. The van der Waals surface area contributed by atoms with E-state index in [-0.39, 0.29) is 28.7 Å². The van der Waals surface area contributed by atoms with Crippen molar-refractivity contribution in [1.29, 1.82) is 0 Å². The number of aliphatic imine (C=N–C) groups is 1. The van der Waals surface area contributed by atoms with E-state index in [0.29, 0.717) is 12.5 Å². The Morgan fingerprint density at radius 3 is 2.42 bits per heavy atom. The van der Waals surface area contributed by atoms with Gasteiger partial charge in [-0.25, -0.2) is 0 Å². The van der Waals surface area contributed by atoms with Gasteiger partial charge in [-0.3, -0.25) is 4.99 Å². The minimum atomic E-state index is -4.29. The first-order chi connectivity index (χ1) is 10.8. The number of thioether (sulfide) groups is 1. The van der Waals surface area contributed by atoms with Gasteiger partial charge in [0.1, 0.15) is 0 Å². The molecule has 1 heterocycles. The summed E-state index contributed by atoms with van der Waals surface area (Å²) < 4.78 is 37.8. The van der Waals surface area contributed by atoms with Crippen LogP contribution in [0.2, 0.25) is 0 Å². The SMILES string of the molecule is CN=C(NCc1ccc(C(F)(F)F)cc1)NCC1(C)CCCS1.I. The second-order valence-corrected chi connectivity index (χ2v) is 7.56. The summed E-state index contributed by atoms with van der Waals surface area (Å²) >= 11 is 1.96. The van der Waals surface area contributed by atoms with Crippen molar-refractivity contribution in [2.24, 2.45) is 4.99 Å². The van der Waals surface area contributed by atoms with Gasteiger partial charge in [-0.2, -0.15) is 24.9 Å². The quantitative estimate of drug-likeness (QED) is 0.390. The van der Waals surface area contributed by atoms with Crippen molar-refractivity contribution in [2.45, 2.75) is 37.2 Å². The van der Waals surface area contributed by atoms with Crippen LogP contribution in [0.3, 0.4) is 0 Å². The average molecular weight is 473 g/mol. The topological polar surface area (TPSA) is 36.4 Å². The fourth-order valence-electron chi connectivity index (χ4n) is 2.46. The highest BCUT2D eigenvalue weighted by molar-refractivity contribution is 14.0. The Balaban J connectivity index is 0.00000288. The number of guanidine groups is 1. The Labute approximate surface area is 162 Å². The highest BCUT2D eigenvalue weighted by Gasteiger charge is 2.30. The third kappa shape index (κ3) is 6.34. The number of benzene rings is 1. The first-order valence-electron chi connectivity index (χ1n) is 7.57. The molecule has 0 aliphatic carbocycles. The Morgan fingerprint density at radius 2 is 1.92 bits per heavy atom. The van der Waals surface area contributed by atoms with E-state index < -0.39 is 11.7 Å². The molecule has 1 aliphatic rings. The Morgan fingerprint density at radius 1 is 1.25 bits per heavy atom. The molecule has 1 fully saturated rings. The molecule has 136 valence electrons. The molecule has 1 aromatic rings. The van der Waals surface area contributed by atoms with Gasteiger partial charge < -0.3 is 10.6 Å². The van der Waals surface area contributed by atoms with Crippen LogP contribution in [0.15, 0.2) is 29.3 Å². The van der Waals surface area contributed by atoms with E-state index in [9.17, 15) is 13.2 Å². The van der Waals surface area contributed by atoms with E-state index in [2.05, 4.69) is 22.5 Å². The number of rotatable bonds is 4. The third-order valence-electron chi connectivity index (χ3n) is 3.90. The summed E-state index contributed by atoms with van der Waals surface area (Å²) in [6.07, 6.45) is -1.88. The van der Waals surface area contributed by atoms with Crippen LogP contribution in [-0.4, -0.2) is 30.1 Å². The van der Waals surface area contributed by atoms with Crippen molar-refractivity contribution in [1.82, 2.24) is 10.6 Å². The van der Waals surface area contributed by atoms with E-state index in [4.69, 9.17) is 0 Å². The molecule has 1 aromatic carbocycles. The maximum atomic E-state index is 12.5. The fraction of sp³-hybridized carbons (Fsp3) is 0.562. The second-order valence-electron chi connectivity index (χ2n) is 5.88. The van der Waals surface area contributed by atoms with Gasteiger partial charge in [0.15, 0.2) is 5.96 Å². The van der Waals surface area contributed by atoms with Gasteiger partial charge in [-0.15, -0.1) is 24.0 Å². The molecule has 1 atom stereocenters. The summed E-state index contributed by atoms with van der Waals surface area (Å²) in [6.45, 7) is 3.49. The molecule has 0 radical (unpaired) electrons. The predicted molar refractivity (Wildman–Crippen MR) is 105 cm³/mol. The Kier molecular flexibility index (Phi) is 8.17. The van der Waals surface area contributed by atoms with Gasteiger partial charge in [-0.05, 0) is 43.2 Å². The number of hydrogen-bond donors (Lipinski definition) is 2. The minimum absolute atomic E-state index is 0. The van der Waals surface area contributed by atoms with E-state index in [1.165, 1.54) is 30.7 Å². The van der Waals surface area contributed by atoms with Crippen LogP contribution in [-0.2, 0) is 12.7 Å². The van der Waals surface area contributed by atoms with Crippen molar-refractivity contribution in [3.05, 3.63) is 35.4 Å². The molecule has 1 saturated heterocycles. The highest BCUT2D eigenvalue weighted by atomic mass is 127. The third-order valence-corrected chi connectivity index (χ3v) is 5.43.